The summed E-state index contributed by atoms with van der Waals surface area (Å²) in [6, 6.07) is 0. The van der Waals surface area contributed by atoms with Gasteiger partial charge in [-0.05, 0) is 5.92 Å². The molecule has 0 fully saturated rings. The van der Waals surface area contributed by atoms with Gasteiger partial charge in [0.15, 0.2) is 0 Å². The molecule has 0 aliphatic rings. The Balaban J connectivity index is 3.25. The Kier molecular flexibility index (Phi) is 8.52. The van der Waals surface area contributed by atoms with Crippen molar-refractivity contribution in [2.75, 3.05) is 0 Å². The molecule has 0 aliphatic heterocycles. The van der Waals surface area contributed by atoms with E-state index in [-0.39, 0.29) is 0 Å². The molecule has 0 heterocycles. The number of carbonyl (C=O) groups excluding carboxylic acids is 1. The summed E-state index contributed by atoms with van der Waals surface area (Å²) in [6.45, 7) is 4.40. The van der Waals surface area contributed by atoms with Gasteiger partial charge in [0, 0.05) is 6.42 Å². The topological polar surface area (TPSA) is 17.1 Å². The first-order chi connectivity index (χ1) is 5.85. The zero-order valence-corrected chi connectivity index (χ0v) is 8.51. The van der Waals surface area contributed by atoms with E-state index in [0.29, 0.717) is 5.92 Å². The normalized spacial score (nSPS) is 12.8. The van der Waals surface area contributed by atoms with Gasteiger partial charge in [0.25, 0.3) is 0 Å². The van der Waals surface area contributed by atoms with Crippen molar-refractivity contribution < 1.29 is 4.79 Å². The van der Waals surface area contributed by atoms with E-state index in [1.165, 1.54) is 32.1 Å². The molecule has 0 amide bonds. The molecule has 0 aromatic rings. The molecule has 1 unspecified atom stereocenters. The van der Waals surface area contributed by atoms with Gasteiger partial charge >= 0.3 is 0 Å². The van der Waals surface area contributed by atoms with Gasteiger partial charge in [0.1, 0.15) is 6.29 Å². The van der Waals surface area contributed by atoms with Crippen LogP contribution in [0, 0.1) is 5.92 Å². The van der Waals surface area contributed by atoms with Gasteiger partial charge in [-0.15, -0.1) is 0 Å². The first kappa shape index (κ1) is 11.7. The summed E-state index contributed by atoms with van der Waals surface area (Å²) in [5.41, 5.74) is 0. The summed E-state index contributed by atoms with van der Waals surface area (Å²) in [5, 5.41) is 0. The molecule has 0 spiro atoms. The van der Waals surface area contributed by atoms with Crippen LogP contribution >= 0.6 is 0 Å². The second kappa shape index (κ2) is 8.76. The molecule has 72 valence electrons. The number of rotatable bonds is 8. The van der Waals surface area contributed by atoms with E-state index in [1.54, 1.807) is 0 Å². The summed E-state index contributed by atoms with van der Waals surface area (Å²) in [6.07, 6.45) is 9.52. The molecule has 0 rings (SSSR count). The molecule has 1 nitrogen and oxygen atoms in total. The Hall–Kier alpha value is -0.330. The van der Waals surface area contributed by atoms with Crippen LogP contribution in [0.15, 0.2) is 0 Å². The van der Waals surface area contributed by atoms with Crippen LogP contribution in [-0.4, -0.2) is 6.29 Å². The fourth-order valence-electron chi connectivity index (χ4n) is 1.48. The number of aldehydes is 1. The summed E-state index contributed by atoms with van der Waals surface area (Å²) in [4.78, 5) is 10.3. The third kappa shape index (κ3) is 6.38. The summed E-state index contributed by atoms with van der Waals surface area (Å²) >= 11 is 0. The maximum absolute atomic E-state index is 10.3. The number of hydrogen-bond donors (Lipinski definition) is 0. The molecule has 1 atom stereocenters. The van der Waals surface area contributed by atoms with Gasteiger partial charge in [0.05, 0.1) is 0 Å². The Morgan fingerprint density at radius 2 is 1.92 bits per heavy atom. The molecule has 0 radical (unpaired) electrons. The summed E-state index contributed by atoms with van der Waals surface area (Å²) in [7, 11) is 0. The highest BCUT2D eigenvalue weighted by Crippen LogP contribution is 2.16. The molecule has 0 N–H and O–H groups in total. The van der Waals surface area contributed by atoms with E-state index in [0.717, 1.165) is 19.1 Å². The van der Waals surface area contributed by atoms with Crippen molar-refractivity contribution in [3.8, 4) is 0 Å². The van der Waals surface area contributed by atoms with Crippen molar-refractivity contribution >= 4 is 6.29 Å². The highest BCUT2D eigenvalue weighted by atomic mass is 16.1. The van der Waals surface area contributed by atoms with Crippen LogP contribution in [0.3, 0.4) is 0 Å². The van der Waals surface area contributed by atoms with Gasteiger partial charge in [-0.2, -0.15) is 0 Å². The fourth-order valence-corrected chi connectivity index (χ4v) is 1.48. The monoisotopic (exact) mass is 170 g/mol. The lowest BCUT2D eigenvalue weighted by molar-refractivity contribution is -0.108. The molecule has 0 aromatic heterocycles. The van der Waals surface area contributed by atoms with E-state index in [4.69, 9.17) is 0 Å². The van der Waals surface area contributed by atoms with Gasteiger partial charge in [-0.1, -0.05) is 52.4 Å². The molecule has 0 bridgehead atoms. The molecular formula is C11H22O. The van der Waals surface area contributed by atoms with E-state index < -0.39 is 0 Å². The van der Waals surface area contributed by atoms with E-state index in [2.05, 4.69) is 13.8 Å². The third-order valence-corrected chi connectivity index (χ3v) is 2.47. The summed E-state index contributed by atoms with van der Waals surface area (Å²) < 4.78 is 0. The van der Waals surface area contributed by atoms with Gasteiger partial charge in [0.2, 0.25) is 0 Å². The second-order valence-electron chi connectivity index (χ2n) is 3.53. The maximum Gasteiger partial charge on any atom is 0.120 e. The third-order valence-electron chi connectivity index (χ3n) is 2.47. The standard InChI is InChI=1S/C11H22O/c1-3-5-6-7-8-11(4-2)9-10-12/h10-11H,3-9H2,1-2H3. The molecule has 1 heteroatoms. The Morgan fingerprint density at radius 1 is 1.17 bits per heavy atom. The van der Waals surface area contributed by atoms with Crippen LogP contribution in [0.4, 0.5) is 0 Å². The lowest BCUT2D eigenvalue weighted by atomic mass is 9.96. The quantitative estimate of drug-likeness (QED) is 0.402. The lowest BCUT2D eigenvalue weighted by Crippen LogP contribution is -1.99. The zero-order valence-electron chi connectivity index (χ0n) is 8.51. The molecular weight excluding hydrogens is 148 g/mol. The van der Waals surface area contributed by atoms with Crippen molar-refractivity contribution in [3.05, 3.63) is 0 Å². The van der Waals surface area contributed by atoms with Crippen molar-refractivity contribution in [3.63, 3.8) is 0 Å². The Morgan fingerprint density at radius 3 is 2.42 bits per heavy atom. The molecule has 0 aromatic carbocycles. The minimum absolute atomic E-state index is 0.652. The van der Waals surface area contributed by atoms with Crippen molar-refractivity contribution in [1.29, 1.82) is 0 Å². The molecule has 0 aliphatic carbocycles. The first-order valence-corrected chi connectivity index (χ1v) is 5.28. The summed E-state index contributed by atoms with van der Waals surface area (Å²) in [5.74, 6) is 0.652. The second-order valence-corrected chi connectivity index (χ2v) is 3.53. The largest absolute Gasteiger partial charge is 0.303 e. The van der Waals surface area contributed by atoms with Gasteiger partial charge in [-0.3, -0.25) is 0 Å². The Labute approximate surface area is 76.6 Å². The number of hydrogen-bond acceptors (Lipinski definition) is 1. The molecule has 12 heavy (non-hydrogen) atoms. The number of unbranched alkanes of at least 4 members (excludes halogenated alkanes) is 3. The highest BCUT2D eigenvalue weighted by molar-refractivity contribution is 5.49. The van der Waals surface area contributed by atoms with E-state index in [9.17, 15) is 4.79 Å². The van der Waals surface area contributed by atoms with Crippen molar-refractivity contribution in [2.24, 2.45) is 5.92 Å². The zero-order chi connectivity index (χ0) is 9.23. The molecule has 0 saturated carbocycles. The SMILES string of the molecule is CCCCCCC(CC)CC=O. The predicted molar refractivity (Wildman–Crippen MR) is 53.2 cm³/mol. The minimum atomic E-state index is 0.652. The van der Waals surface area contributed by atoms with Crippen LogP contribution in [-0.2, 0) is 4.79 Å². The predicted octanol–water partition coefficient (Wildman–Crippen LogP) is 3.57. The first-order valence-electron chi connectivity index (χ1n) is 5.28. The van der Waals surface area contributed by atoms with Gasteiger partial charge in [-0.25, -0.2) is 0 Å². The average Bonchev–Trinajstić information content (AvgIpc) is 2.10. The van der Waals surface area contributed by atoms with Crippen LogP contribution in [0.25, 0.3) is 0 Å². The van der Waals surface area contributed by atoms with Crippen LogP contribution in [0.5, 0.6) is 0 Å². The smallest absolute Gasteiger partial charge is 0.120 e. The van der Waals surface area contributed by atoms with Gasteiger partial charge < -0.3 is 4.79 Å². The van der Waals surface area contributed by atoms with Crippen molar-refractivity contribution in [1.82, 2.24) is 0 Å². The van der Waals surface area contributed by atoms with E-state index >= 15 is 0 Å². The van der Waals surface area contributed by atoms with Crippen LogP contribution < -0.4 is 0 Å². The molecule has 0 saturated heterocycles. The Bertz CT molecular complexity index is 99.2. The minimum Gasteiger partial charge on any atom is -0.303 e. The van der Waals surface area contributed by atoms with E-state index in [1.807, 2.05) is 0 Å². The van der Waals surface area contributed by atoms with Crippen molar-refractivity contribution in [2.45, 2.75) is 58.8 Å². The number of carbonyl (C=O) groups is 1. The fraction of sp³-hybridized carbons (Fsp3) is 0.909. The average molecular weight is 170 g/mol. The highest BCUT2D eigenvalue weighted by Gasteiger charge is 2.03. The van der Waals surface area contributed by atoms with Crippen LogP contribution in [0.2, 0.25) is 0 Å². The maximum atomic E-state index is 10.3. The van der Waals surface area contributed by atoms with Crippen LogP contribution in [0.1, 0.15) is 58.8 Å². The lowest BCUT2D eigenvalue weighted by Gasteiger charge is -2.10.